The number of nitrogens with zero attached hydrogens (tertiary/aromatic N) is 3. The van der Waals surface area contributed by atoms with Crippen LogP contribution in [0.15, 0.2) is 46.0 Å². The van der Waals surface area contributed by atoms with Crippen LogP contribution in [0.1, 0.15) is 25.3 Å². The molecule has 0 bridgehead atoms. The highest BCUT2D eigenvalue weighted by Crippen LogP contribution is 2.31. The number of hydrogen-bond acceptors (Lipinski definition) is 4. The summed E-state index contributed by atoms with van der Waals surface area (Å²) in [6.45, 7) is 4.18. The average molecular weight is 514 g/mol. The number of halogens is 3. The number of rotatable bonds is 6. The van der Waals surface area contributed by atoms with Crippen LogP contribution in [0, 0.1) is 0 Å². The molecule has 0 aliphatic rings. The summed E-state index contributed by atoms with van der Waals surface area (Å²) in [5.74, 6) is 1.02. The van der Waals surface area contributed by atoms with Gasteiger partial charge < -0.3 is 9.88 Å². The van der Waals surface area contributed by atoms with Crippen molar-refractivity contribution in [3.8, 4) is 11.4 Å². The van der Waals surface area contributed by atoms with Crippen LogP contribution < -0.4 is 5.32 Å². The second kappa shape index (κ2) is 9.51. The summed E-state index contributed by atoms with van der Waals surface area (Å²) < 4.78 is 2.80. The van der Waals surface area contributed by atoms with Crippen molar-refractivity contribution in [2.75, 3.05) is 11.1 Å². The minimum absolute atomic E-state index is 0.103. The zero-order valence-electron chi connectivity index (χ0n) is 16.0. The topological polar surface area (TPSA) is 59.8 Å². The van der Waals surface area contributed by atoms with Crippen molar-refractivity contribution < 1.29 is 4.79 Å². The number of amides is 1. The van der Waals surface area contributed by atoms with E-state index in [2.05, 4.69) is 45.3 Å². The van der Waals surface area contributed by atoms with Crippen LogP contribution in [0.3, 0.4) is 0 Å². The fraction of sp³-hybridized carbons (Fsp3) is 0.250. The van der Waals surface area contributed by atoms with Crippen LogP contribution in [0.25, 0.3) is 11.4 Å². The Hall–Kier alpha value is -1.54. The molecule has 1 N–H and O–H groups in total. The van der Waals surface area contributed by atoms with Gasteiger partial charge in [-0.1, -0.05) is 64.7 Å². The molecule has 29 heavy (non-hydrogen) atoms. The first-order valence-electron chi connectivity index (χ1n) is 8.83. The molecule has 0 saturated heterocycles. The first-order chi connectivity index (χ1) is 13.8. The summed E-state index contributed by atoms with van der Waals surface area (Å²) >= 11 is 17.0. The van der Waals surface area contributed by atoms with Gasteiger partial charge in [0.25, 0.3) is 0 Å². The summed E-state index contributed by atoms with van der Waals surface area (Å²) in [6.07, 6.45) is 0. The Kier molecular flexibility index (Phi) is 7.27. The first kappa shape index (κ1) is 22.2. The Bertz CT molecular complexity index is 1050. The molecule has 0 aliphatic heterocycles. The molecule has 0 radical (unpaired) electrons. The zero-order chi connectivity index (χ0) is 21.1. The van der Waals surface area contributed by atoms with E-state index >= 15 is 0 Å². The van der Waals surface area contributed by atoms with Gasteiger partial charge in [0.15, 0.2) is 11.0 Å². The molecule has 1 heterocycles. The molecule has 0 unspecified atom stereocenters. The lowest BCUT2D eigenvalue weighted by Crippen LogP contribution is -2.16. The van der Waals surface area contributed by atoms with E-state index in [-0.39, 0.29) is 11.7 Å². The average Bonchev–Trinajstić information content (AvgIpc) is 3.02. The fourth-order valence-electron chi connectivity index (χ4n) is 2.79. The molecule has 0 fully saturated rings. The quantitative estimate of drug-likeness (QED) is 0.387. The Morgan fingerprint density at radius 1 is 1.21 bits per heavy atom. The smallest absolute Gasteiger partial charge is 0.234 e. The van der Waals surface area contributed by atoms with Crippen LogP contribution in [-0.2, 0) is 11.8 Å². The van der Waals surface area contributed by atoms with Gasteiger partial charge in [0, 0.05) is 27.8 Å². The SMILES string of the molecule is CC(C)c1cc(Br)ccc1NC(=O)CSc1nnc(-c2ccc(Cl)cc2Cl)n1C. The van der Waals surface area contributed by atoms with Crippen LogP contribution in [-0.4, -0.2) is 26.4 Å². The molecule has 1 amide bonds. The van der Waals surface area contributed by atoms with Crippen molar-refractivity contribution in [1.29, 1.82) is 0 Å². The second-order valence-electron chi connectivity index (χ2n) is 6.71. The van der Waals surface area contributed by atoms with Crippen LogP contribution in [0.5, 0.6) is 0 Å². The summed E-state index contributed by atoms with van der Waals surface area (Å²) in [6, 6.07) is 11.1. The van der Waals surface area contributed by atoms with E-state index in [0.29, 0.717) is 26.9 Å². The third-order valence-corrected chi connectivity index (χ3v) is 6.31. The minimum Gasteiger partial charge on any atom is -0.325 e. The van der Waals surface area contributed by atoms with Gasteiger partial charge in [-0.25, -0.2) is 0 Å². The summed E-state index contributed by atoms with van der Waals surface area (Å²) in [5, 5.41) is 13.1. The maximum Gasteiger partial charge on any atom is 0.234 e. The minimum atomic E-state index is -0.103. The van der Waals surface area contributed by atoms with Crippen molar-refractivity contribution >= 4 is 62.5 Å². The summed E-state index contributed by atoms with van der Waals surface area (Å²) in [4.78, 5) is 12.5. The molecule has 2 aromatic carbocycles. The Morgan fingerprint density at radius 2 is 1.97 bits per heavy atom. The lowest BCUT2D eigenvalue weighted by atomic mass is 10.0. The van der Waals surface area contributed by atoms with E-state index in [1.54, 1.807) is 18.2 Å². The monoisotopic (exact) mass is 512 g/mol. The maximum atomic E-state index is 12.5. The highest BCUT2D eigenvalue weighted by molar-refractivity contribution is 9.10. The standard InChI is InChI=1S/C20H19BrCl2N4OS/c1-11(2)15-8-12(21)4-7-17(15)24-18(28)10-29-20-26-25-19(27(20)3)14-6-5-13(22)9-16(14)23/h4-9,11H,10H2,1-3H3,(H,24,28). The third kappa shape index (κ3) is 5.34. The molecule has 0 saturated carbocycles. The summed E-state index contributed by atoms with van der Waals surface area (Å²) in [7, 11) is 1.84. The van der Waals surface area contributed by atoms with Crippen molar-refractivity contribution in [1.82, 2.24) is 14.8 Å². The van der Waals surface area contributed by atoms with Gasteiger partial charge in [0.1, 0.15) is 0 Å². The predicted molar refractivity (Wildman–Crippen MR) is 124 cm³/mol. The highest BCUT2D eigenvalue weighted by atomic mass is 79.9. The lowest BCUT2D eigenvalue weighted by molar-refractivity contribution is -0.113. The normalized spacial score (nSPS) is 11.1. The van der Waals surface area contributed by atoms with E-state index in [1.165, 1.54) is 11.8 Å². The van der Waals surface area contributed by atoms with Gasteiger partial charge in [0.2, 0.25) is 5.91 Å². The molecule has 5 nitrogen and oxygen atoms in total. The Morgan fingerprint density at radius 3 is 2.66 bits per heavy atom. The molecule has 0 atom stereocenters. The molecule has 3 aromatic rings. The lowest BCUT2D eigenvalue weighted by Gasteiger charge is -2.14. The van der Waals surface area contributed by atoms with Gasteiger partial charge in [0.05, 0.1) is 10.8 Å². The summed E-state index contributed by atoms with van der Waals surface area (Å²) in [5.41, 5.74) is 2.63. The van der Waals surface area contributed by atoms with Crippen LogP contribution >= 0.6 is 50.9 Å². The van der Waals surface area contributed by atoms with E-state index in [0.717, 1.165) is 21.3 Å². The van der Waals surface area contributed by atoms with Crippen molar-refractivity contribution in [3.05, 3.63) is 56.5 Å². The van der Waals surface area contributed by atoms with Gasteiger partial charge in [-0.3, -0.25) is 4.79 Å². The number of aromatic nitrogens is 3. The number of hydrogen-bond donors (Lipinski definition) is 1. The van der Waals surface area contributed by atoms with Gasteiger partial charge >= 0.3 is 0 Å². The Balaban J connectivity index is 1.70. The molecule has 9 heteroatoms. The number of carbonyl (C=O) groups excluding carboxylic acids is 1. The van der Waals surface area contributed by atoms with Crippen molar-refractivity contribution in [2.45, 2.75) is 24.9 Å². The largest absolute Gasteiger partial charge is 0.325 e. The molecule has 3 rings (SSSR count). The van der Waals surface area contributed by atoms with Gasteiger partial charge in [-0.2, -0.15) is 0 Å². The molecule has 0 spiro atoms. The van der Waals surface area contributed by atoms with Gasteiger partial charge in [-0.05, 0) is 47.9 Å². The highest BCUT2D eigenvalue weighted by Gasteiger charge is 2.16. The molecular weight excluding hydrogens is 495 g/mol. The maximum absolute atomic E-state index is 12.5. The molecule has 1 aromatic heterocycles. The molecule has 0 aliphatic carbocycles. The van der Waals surface area contributed by atoms with Crippen LogP contribution in [0.4, 0.5) is 5.69 Å². The van der Waals surface area contributed by atoms with E-state index in [4.69, 9.17) is 23.2 Å². The third-order valence-electron chi connectivity index (χ3n) is 4.25. The predicted octanol–water partition coefficient (Wildman–Crippen LogP) is 6.41. The number of nitrogens with one attached hydrogen (secondary N) is 1. The number of carbonyl (C=O) groups is 1. The molecular formula is C20H19BrCl2N4OS. The zero-order valence-corrected chi connectivity index (χ0v) is 20.0. The van der Waals surface area contributed by atoms with E-state index in [1.807, 2.05) is 29.8 Å². The van der Waals surface area contributed by atoms with E-state index < -0.39 is 0 Å². The van der Waals surface area contributed by atoms with Gasteiger partial charge in [-0.15, -0.1) is 10.2 Å². The van der Waals surface area contributed by atoms with Crippen LogP contribution in [0.2, 0.25) is 10.0 Å². The van der Waals surface area contributed by atoms with E-state index in [9.17, 15) is 4.79 Å². The number of benzene rings is 2. The number of anilines is 1. The second-order valence-corrected chi connectivity index (χ2v) is 9.41. The van der Waals surface area contributed by atoms with Crippen molar-refractivity contribution in [3.63, 3.8) is 0 Å². The molecule has 152 valence electrons. The van der Waals surface area contributed by atoms with Crippen molar-refractivity contribution in [2.24, 2.45) is 7.05 Å². The fourth-order valence-corrected chi connectivity index (χ4v) is 4.37. The first-order valence-corrected chi connectivity index (χ1v) is 11.4. The number of thioether (sulfide) groups is 1. The Labute approximate surface area is 192 Å².